The molecule has 1 atom stereocenters. The fourth-order valence-corrected chi connectivity index (χ4v) is 2.00. The second-order valence-corrected chi connectivity index (χ2v) is 4.00. The smallest absolute Gasteiger partial charge is 0.0450 e. The number of benzene rings is 1. The summed E-state index contributed by atoms with van der Waals surface area (Å²) in [6.07, 6.45) is 5.97. The summed E-state index contributed by atoms with van der Waals surface area (Å²) in [6.45, 7) is 5.64. The molecular weight excluding hydrogens is 196 g/mol. The number of rotatable bonds is 5. The monoisotopic (exact) mass is 216 g/mol. The molecule has 0 aliphatic carbocycles. The van der Waals surface area contributed by atoms with E-state index in [1.807, 2.05) is 0 Å². The standard InChI is InChI=1S/C14H20N2/c1-4-5-9-16-13(10-15)14-11(2)7-6-8-12(14)3/h1,6-8,13,16H,5,9-10,15H2,2-3H3. The molecule has 0 saturated carbocycles. The maximum Gasteiger partial charge on any atom is 0.0450 e. The summed E-state index contributed by atoms with van der Waals surface area (Å²) < 4.78 is 0. The van der Waals surface area contributed by atoms with Crippen molar-refractivity contribution < 1.29 is 0 Å². The van der Waals surface area contributed by atoms with E-state index in [4.69, 9.17) is 12.2 Å². The molecule has 3 N–H and O–H groups in total. The van der Waals surface area contributed by atoms with Crippen molar-refractivity contribution in [2.24, 2.45) is 5.73 Å². The molecule has 0 fully saturated rings. The Morgan fingerprint density at radius 1 is 1.38 bits per heavy atom. The number of nitrogens with two attached hydrogens (primary N) is 1. The summed E-state index contributed by atoms with van der Waals surface area (Å²) in [5.41, 5.74) is 9.68. The van der Waals surface area contributed by atoms with Gasteiger partial charge >= 0.3 is 0 Å². The van der Waals surface area contributed by atoms with Gasteiger partial charge < -0.3 is 11.1 Å². The average Bonchev–Trinajstić information content (AvgIpc) is 2.26. The third-order valence-electron chi connectivity index (χ3n) is 2.79. The fraction of sp³-hybridized carbons (Fsp3) is 0.429. The predicted octanol–water partition coefficient (Wildman–Crippen LogP) is 1.92. The van der Waals surface area contributed by atoms with Crippen LogP contribution in [-0.4, -0.2) is 13.1 Å². The first-order valence-electron chi connectivity index (χ1n) is 5.63. The normalized spacial score (nSPS) is 12.1. The Labute approximate surface area is 98.2 Å². The van der Waals surface area contributed by atoms with Crippen LogP contribution in [0.3, 0.4) is 0 Å². The topological polar surface area (TPSA) is 38.0 Å². The maximum absolute atomic E-state index is 5.81. The van der Waals surface area contributed by atoms with Gasteiger partial charge in [-0.05, 0) is 30.5 Å². The molecule has 1 rings (SSSR count). The fourth-order valence-electron chi connectivity index (χ4n) is 2.00. The summed E-state index contributed by atoms with van der Waals surface area (Å²) >= 11 is 0. The zero-order valence-corrected chi connectivity index (χ0v) is 10.1. The van der Waals surface area contributed by atoms with E-state index in [1.165, 1.54) is 16.7 Å². The summed E-state index contributed by atoms with van der Waals surface area (Å²) in [5, 5.41) is 3.40. The van der Waals surface area contributed by atoms with Crippen molar-refractivity contribution in [1.29, 1.82) is 0 Å². The van der Waals surface area contributed by atoms with Crippen LogP contribution in [0.2, 0.25) is 0 Å². The summed E-state index contributed by atoms with van der Waals surface area (Å²) in [5.74, 6) is 2.62. The van der Waals surface area contributed by atoms with E-state index in [9.17, 15) is 0 Å². The van der Waals surface area contributed by atoms with Crippen LogP contribution in [0.4, 0.5) is 0 Å². The van der Waals surface area contributed by atoms with Crippen molar-refractivity contribution in [2.45, 2.75) is 26.3 Å². The van der Waals surface area contributed by atoms with Gasteiger partial charge in [0.15, 0.2) is 0 Å². The van der Waals surface area contributed by atoms with Crippen LogP contribution < -0.4 is 11.1 Å². The Kier molecular flexibility index (Phi) is 5.04. The molecule has 86 valence electrons. The average molecular weight is 216 g/mol. The van der Waals surface area contributed by atoms with Crippen LogP contribution in [0.15, 0.2) is 18.2 Å². The van der Waals surface area contributed by atoms with Crippen LogP contribution in [0.5, 0.6) is 0 Å². The van der Waals surface area contributed by atoms with Crippen LogP contribution >= 0.6 is 0 Å². The minimum Gasteiger partial charge on any atom is -0.329 e. The Hall–Kier alpha value is -1.30. The summed E-state index contributed by atoms with van der Waals surface area (Å²) in [4.78, 5) is 0. The van der Waals surface area contributed by atoms with Gasteiger partial charge in [0.05, 0.1) is 0 Å². The largest absolute Gasteiger partial charge is 0.329 e. The highest BCUT2D eigenvalue weighted by Gasteiger charge is 2.13. The number of aryl methyl sites for hydroxylation is 2. The molecule has 0 aromatic heterocycles. The van der Waals surface area contributed by atoms with Crippen molar-refractivity contribution in [1.82, 2.24) is 5.32 Å². The van der Waals surface area contributed by atoms with Crippen molar-refractivity contribution in [2.75, 3.05) is 13.1 Å². The van der Waals surface area contributed by atoms with E-state index < -0.39 is 0 Å². The molecule has 0 saturated heterocycles. The van der Waals surface area contributed by atoms with Gasteiger partial charge in [-0.25, -0.2) is 0 Å². The first kappa shape index (κ1) is 12.8. The van der Waals surface area contributed by atoms with Gasteiger partial charge in [-0.1, -0.05) is 18.2 Å². The minimum absolute atomic E-state index is 0.203. The molecule has 1 unspecified atom stereocenters. The molecule has 0 amide bonds. The highest BCUT2D eigenvalue weighted by Crippen LogP contribution is 2.20. The van der Waals surface area contributed by atoms with E-state index >= 15 is 0 Å². The number of nitrogens with one attached hydrogen (secondary N) is 1. The molecule has 0 aliphatic rings. The minimum atomic E-state index is 0.203. The van der Waals surface area contributed by atoms with E-state index in [1.54, 1.807) is 0 Å². The molecule has 0 spiro atoms. The first-order chi connectivity index (χ1) is 7.70. The van der Waals surface area contributed by atoms with Gasteiger partial charge in [0.2, 0.25) is 0 Å². The molecule has 1 aromatic carbocycles. The zero-order valence-electron chi connectivity index (χ0n) is 10.1. The first-order valence-corrected chi connectivity index (χ1v) is 5.63. The molecular formula is C14H20N2. The second-order valence-electron chi connectivity index (χ2n) is 4.00. The van der Waals surface area contributed by atoms with E-state index in [2.05, 4.69) is 43.3 Å². The molecule has 16 heavy (non-hydrogen) atoms. The summed E-state index contributed by atoms with van der Waals surface area (Å²) in [6, 6.07) is 6.51. The van der Waals surface area contributed by atoms with Crippen molar-refractivity contribution >= 4 is 0 Å². The van der Waals surface area contributed by atoms with Crippen molar-refractivity contribution in [3.63, 3.8) is 0 Å². The molecule has 0 radical (unpaired) electrons. The molecule has 1 aromatic rings. The SMILES string of the molecule is C#CCCNC(CN)c1c(C)cccc1C. The van der Waals surface area contributed by atoms with Gasteiger partial charge in [0.25, 0.3) is 0 Å². The van der Waals surface area contributed by atoms with Gasteiger partial charge in [0, 0.05) is 25.6 Å². The third-order valence-corrected chi connectivity index (χ3v) is 2.79. The van der Waals surface area contributed by atoms with Gasteiger partial charge in [-0.3, -0.25) is 0 Å². The number of hydrogen-bond acceptors (Lipinski definition) is 2. The lowest BCUT2D eigenvalue weighted by Crippen LogP contribution is -2.30. The number of terminal acetylenes is 1. The molecule has 0 bridgehead atoms. The Balaban J connectivity index is 2.83. The Bertz CT molecular complexity index is 357. The maximum atomic E-state index is 5.81. The molecule has 2 heteroatoms. The molecule has 0 aliphatic heterocycles. The number of hydrogen-bond donors (Lipinski definition) is 2. The Morgan fingerprint density at radius 2 is 2.00 bits per heavy atom. The lowest BCUT2D eigenvalue weighted by atomic mass is 9.96. The highest BCUT2D eigenvalue weighted by molar-refractivity contribution is 5.36. The summed E-state index contributed by atoms with van der Waals surface area (Å²) in [7, 11) is 0. The van der Waals surface area contributed by atoms with Gasteiger partial charge in [-0.2, -0.15) is 0 Å². The van der Waals surface area contributed by atoms with Crippen molar-refractivity contribution in [3.05, 3.63) is 34.9 Å². The highest BCUT2D eigenvalue weighted by atomic mass is 14.9. The van der Waals surface area contributed by atoms with E-state index in [0.29, 0.717) is 6.54 Å². The van der Waals surface area contributed by atoms with Crippen LogP contribution in [-0.2, 0) is 0 Å². The quantitative estimate of drug-likeness (QED) is 0.583. The van der Waals surface area contributed by atoms with E-state index in [0.717, 1.165) is 13.0 Å². The molecule has 2 nitrogen and oxygen atoms in total. The van der Waals surface area contributed by atoms with Crippen LogP contribution in [0, 0.1) is 26.2 Å². The van der Waals surface area contributed by atoms with Gasteiger partial charge in [0.1, 0.15) is 0 Å². The lowest BCUT2D eigenvalue weighted by molar-refractivity contribution is 0.546. The molecule has 0 heterocycles. The third kappa shape index (κ3) is 3.10. The Morgan fingerprint density at radius 3 is 2.50 bits per heavy atom. The van der Waals surface area contributed by atoms with Crippen LogP contribution in [0.1, 0.15) is 29.2 Å². The van der Waals surface area contributed by atoms with Crippen molar-refractivity contribution in [3.8, 4) is 12.3 Å². The van der Waals surface area contributed by atoms with Gasteiger partial charge in [-0.15, -0.1) is 12.3 Å². The lowest BCUT2D eigenvalue weighted by Gasteiger charge is -2.21. The van der Waals surface area contributed by atoms with E-state index in [-0.39, 0.29) is 6.04 Å². The predicted molar refractivity (Wildman–Crippen MR) is 69.2 cm³/mol. The van der Waals surface area contributed by atoms with Crippen LogP contribution in [0.25, 0.3) is 0 Å². The zero-order chi connectivity index (χ0) is 12.0. The second kappa shape index (κ2) is 6.32.